The fourth-order valence-electron chi connectivity index (χ4n) is 5.40. The van der Waals surface area contributed by atoms with Crippen molar-refractivity contribution in [2.24, 2.45) is 0 Å². The van der Waals surface area contributed by atoms with Gasteiger partial charge in [-0.25, -0.2) is 9.97 Å². The largest absolute Gasteiger partial charge is 0.493 e. The lowest BCUT2D eigenvalue weighted by atomic mass is 9.93. The molecule has 2 aromatic heterocycles. The van der Waals surface area contributed by atoms with Gasteiger partial charge in [-0.1, -0.05) is 0 Å². The summed E-state index contributed by atoms with van der Waals surface area (Å²) >= 11 is 0. The van der Waals surface area contributed by atoms with Gasteiger partial charge >= 0.3 is 0 Å². The van der Waals surface area contributed by atoms with Crippen molar-refractivity contribution in [3.63, 3.8) is 0 Å². The molecule has 1 aliphatic heterocycles. The Morgan fingerprint density at radius 3 is 2.59 bits per heavy atom. The molecule has 0 amide bonds. The van der Waals surface area contributed by atoms with Crippen molar-refractivity contribution in [3.05, 3.63) is 84.6 Å². The molecule has 11 nitrogen and oxygen atoms in total. The molecule has 1 fully saturated rings. The first-order valence-corrected chi connectivity index (χ1v) is 14.4. The molecule has 1 N–H and O–H groups in total. The molecular formula is C33H33N5O6. The molecule has 3 heterocycles. The van der Waals surface area contributed by atoms with Crippen LogP contribution < -0.4 is 19.7 Å². The van der Waals surface area contributed by atoms with Gasteiger partial charge in [0.25, 0.3) is 0 Å². The van der Waals surface area contributed by atoms with Crippen LogP contribution in [0.4, 0.5) is 17.2 Å². The number of methoxy groups -OCH3 is 2. The quantitative estimate of drug-likeness (QED) is 0.196. The number of anilines is 3. The predicted molar refractivity (Wildman–Crippen MR) is 167 cm³/mol. The number of fused-ring (bicyclic) bond motifs is 1. The highest BCUT2D eigenvalue weighted by atomic mass is 16.5. The Morgan fingerprint density at radius 2 is 1.82 bits per heavy atom. The third-order valence-corrected chi connectivity index (χ3v) is 7.64. The third kappa shape index (κ3) is 6.34. The van der Waals surface area contributed by atoms with Gasteiger partial charge in [-0.05, 0) is 54.6 Å². The number of ketones is 2. The van der Waals surface area contributed by atoms with Crippen LogP contribution in [0.15, 0.2) is 77.7 Å². The minimum atomic E-state index is -0.218. The summed E-state index contributed by atoms with van der Waals surface area (Å²) in [5.41, 5.74) is 3.31. The van der Waals surface area contributed by atoms with E-state index >= 15 is 0 Å². The first-order chi connectivity index (χ1) is 21.5. The molecule has 0 bridgehead atoms. The van der Waals surface area contributed by atoms with Gasteiger partial charge in [0, 0.05) is 67.3 Å². The summed E-state index contributed by atoms with van der Waals surface area (Å²) in [4.78, 5) is 38.9. The summed E-state index contributed by atoms with van der Waals surface area (Å²) in [5, 5.41) is 4.12. The fourth-order valence-corrected chi connectivity index (χ4v) is 5.40. The molecule has 6 rings (SSSR count). The van der Waals surface area contributed by atoms with E-state index in [0.29, 0.717) is 52.9 Å². The van der Waals surface area contributed by atoms with Crippen LogP contribution in [0.1, 0.15) is 11.3 Å². The van der Waals surface area contributed by atoms with Gasteiger partial charge in [0.1, 0.15) is 24.5 Å². The number of nitrogens with one attached hydrogen (secondary N) is 1. The summed E-state index contributed by atoms with van der Waals surface area (Å²) in [6.45, 7) is 4.74. The van der Waals surface area contributed by atoms with Gasteiger partial charge in [0.05, 0.1) is 32.0 Å². The lowest BCUT2D eigenvalue weighted by molar-refractivity contribution is -0.113. The number of carbonyl (C=O) groups is 2. The molecule has 0 radical (unpaired) electrons. The van der Waals surface area contributed by atoms with E-state index in [4.69, 9.17) is 18.6 Å². The summed E-state index contributed by atoms with van der Waals surface area (Å²) < 4.78 is 22.0. The Labute approximate surface area is 254 Å². The van der Waals surface area contributed by atoms with Crippen LogP contribution in [0.25, 0.3) is 16.5 Å². The number of piperazine rings is 1. The standard InChI is InChI=1S/C33H33N5O6/c1-41-14-15-44-32-19-28-27(18-31(32)42-2)33(35-21-34-28)36-22-5-7-29(25(16-22)26-17-23(39)6-8-30(26)40)38-11-9-37(10-12-38)20-24-4-3-13-43-24/h3-8,13,16-19,21H,9-12,14-15,20H2,1-2H3,(H,34,35,36). The summed E-state index contributed by atoms with van der Waals surface area (Å²) in [5.74, 6) is 2.15. The maximum absolute atomic E-state index is 13.0. The molecule has 44 heavy (non-hydrogen) atoms. The Kier molecular flexibility index (Phi) is 8.67. The molecular weight excluding hydrogens is 562 g/mol. The molecule has 4 aromatic rings. The Hall–Kier alpha value is -5.00. The van der Waals surface area contributed by atoms with Gasteiger partial charge in [0.2, 0.25) is 0 Å². The van der Waals surface area contributed by atoms with Crippen LogP contribution in [0.5, 0.6) is 11.5 Å². The lowest BCUT2D eigenvalue weighted by Crippen LogP contribution is -2.46. The molecule has 1 saturated heterocycles. The van der Waals surface area contributed by atoms with E-state index in [2.05, 4.69) is 25.1 Å². The zero-order valence-electron chi connectivity index (χ0n) is 24.6. The minimum Gasteiger partial charge on any atom is -0.493 e. The van der Waals surface area contributed by atoms with Crippen molar-refractivity contribution in [2.45, 2.75) is 6.54 Å². The molecule has 2 aromatic carbocycles. The average Bonchev–Trinajstić information content (AvgIpc) is 3.56. The molecule has 0 atom stereocenters. The van der Waals surface area contributed by atoms with E-state index in [1.165, 1.54) is 24.6 Å². The van der Waals surface area contributed by atoms with Crippen LogP contribution in [-0.4, -0.2) is 80.0 Å². The van der Waals surface area contributed by atoms with Crippen molar-refractivity contribution in [3.8, 4) is 11.5 Å². The zero-order chi connectivity index (χ0) is 30.5. The molecule has 1 aliphatic carbocycles. The first kappa shape index (κ1) is 29.1. The van der Waals surface area contributed by atoms with Crippen molar-refractivity contribution in [2.75, 3.05) is 63.8 Å². The maximum atomic E-state index is 13.0. The van der Waals surface area contributed by atoms with Crippen LogP contribution in [0, 0.1) is 0 Å². The van der Waals surface area contributed by atoms with Crippen molar-refractivity contribution < 1.29 is 28.2 Å². The summed E-state index contributed by atoms with van der Waals surface area (Å²) in [6.07, 6.45) is 7.21. The highest BCUT2D eigenvalue weighted by Gasteiger charge is 2.25. The summed E-state index contributed by atoms with van der Waals surface area (Å²) in [6, 6.07) is 13.3. The number of nitrogens with zero attached hydrogens (tertiary/aromatic N) is 4. The number of benzene rings is 2. The second-order valence-electron chi connectivity index (χ2n) is 10.4. The molecule has 226 valence electrons. The maximum Gasteiger partial charge on any atom is 0.186 e. The van der Waals surface area contributed by atoms with Crippen molar-refractivity contribution in [1.29, 1.82) is 0 Å². The number of carbonyl (C=O) groups excluding carboxylic acids is 2. The van der Waals surface area contributed by atoms with Gasteiger partial charge in [0.15, 0.2) is 23.1 Å². The lowest BCUT2D eigenvalue weighted by Gasteiger charge is -2.37. The minimum absolute atomic E-state index is 0.210. The predicted octanol–water partition coefficient (Wildman–Crippen LogP) is 4.41. The monoisotopic (exact) mass is 595 g/mol. The fraction of sp³-hybridized carbons (Fsp3) is 0.273. The molecule has 2 aliphatic rings. The number of hydrogen-bond donors (Lipinski definition) is 1. The summed E-state index contributed by atoms with van der Waals surface area (Å²) in [7, 11) is 3.19. The normalized spacial score (nSPS) is 15.5. The van der Waals surface area contributed by atoms with E-state index in [1.54, 1.807) is 26.5 Å². The Morgan fingerprint density at radius 1 is 0.955 bits per heavy atom. The number of rotatable bonds is 11. The molecule has 0 spiro atoms. The Bertz CT molecular complexity index is 1720. The van der Waals surface area contributed by atoms with Crippen LogP contribution in [0.3, 0.4) is 0 Å². The van der Waals surface area contributed by atoms with Crippen molar-refractivity contribution >= 4 is 45.2 Å². The van der Waals surface area contributed by atoms with Gasteiger partial charge in [-0.15, -0.1) is 0 Å². The topological polar surface area (TPSA) is 119 Å². The third-order valence-electron chi connectivity index (χ3n) is 7.64. The van der Waals surface area contributed by atoms with Gasteiger partial charge in [-0.3, -0.25) is 14.5 Å². The van der Waals surface area contributed by atoms with E-state index < -0.39 is 0 Å². The van der Waals surface area contributed by atoms with Crippen LogP contribution in [0.2, 0.25) is 0 Å². The zero-order valence-corrected chi connectivity index (χ0v) is 24.6. The van der Waals surface area contributed by atoms with E-state index in [1.807, 2.05) is 36.4 Å². The highest BCUT2D eigenvalue weighted by Crippen LogP contribution is 2.37. The van der Waals surface area contributed by atoms with E-state index in [0.717, 1.165) is 49.6 Å². The first-order valence-electron chi connectivity index (χ1n) is 14.4. The highest BCUT2D eigenvalue weighted by molar-refractivity contribution is 6.34. The SMILES string of the molecule is COCCOc1cc2ncnc(Nc3ccc(N4CCN(Cc5ccco5)CC4)c(C4=CC(=O)C=CC4=O)c3)c2cc1OC. The average molecular weight is 596 g/mol. The second kappa shape index (κ2) is 13.1. The number of furan rings is 1. The number of ether oxygens (including phenoxy) is 3. The Balaban J connectivity index is 1.30. The van der Waals surface area contributed by atoms with Gasteiger partial charge in [-0.2, -0.15) is 0 Å². The molecule has 0 unspecified atom stereocenters. The van der Waals surface area contributed by atoms with Crippen molar-refractivity contribution in [1.82, 2.24) is 14.9 Å². The molecule has 0 saturated carbocycles. The smallest absolute Gasteiger partial charge is 0.186 e. The number of aromatic nitrogens is 2. The molecule has 11 heteroatoms. The van der Waals surface area contributed by atoms with Crippen LogP contribution >= 0.6 is 0 Å². The number of hydrogen-bond acceptors (Lipinski definition) is 11. The van der Waals surface area contributed by atoms with E-state index in [9.17, 15) is 9.59 Å². The van der Waals surface area contributed by atoms with E-state index in [-0.39, 0.29) is 11.6 Å². The van der Waals surface area contributed by atoms with Crippen LogP contribution in [-0.2, 0) is 20.9 Å². The second-order valence-corrected chi connectivity index (χ2v) is 10.4. The number of allylic oxidation sites excluding steroid dienone is 4. The van der Waals surface area contributed by atoms with Gasteiger partial charge < -0.3 is 28.8 Å².